The van der Waals surface area contributed by atoms with Gasteiger partial charge in [-0.2, -0.15) is 0 Å². The third-order valence-electron chi connectivity index (χ3n) is 6.81. The standard InChI is InChI=1S/C30H30Cl2N6O3/c1-30(2,3)29(40)34-16-18-6-9-21(31)24(25(18)32)28(39)35-19-7-8-20-22(15-19)36-26(37-27(20)38-12-5-13-38)17-10-11-33-23(14-17)41-4/h6-11,14-15H,5,12-13,16H2,1-4H3,(H,34,40)(H,35,39). The number of pyridine rings is 1. The number of carbonyl (C=O) groups is 2. The van der Waals surface area contributed by atoms with Gasteiger partial charge >= 0.3 is 0 Å². The Kier molecular flexibility index (Phi) is 8.02. The molecule has 0 bridgehead atoms. The number of ether oxygens (including phenoxy) is 1. The van der Waals surface area contributed by atoms with E-state index < -0.39 is 11.3 Å². The van der Waals surface area contributed by atoms with Gasteiger partial charge in [0.15, 0.2) is 5.82 Å². The van der Waals surface area contributed by atoms with Gasteiger partial charge in [-0.05, 0) is 42.3 Å². The normalized spacial score (nSPS) is 13.1. The van der Waals surface area contributed by atoms with E-state index in [2.05, 4.69) is 20.5 Å². The Balaban J connectivity index is 1.46. The number of benzene rings is 2. The van der Waals surface area contributed by atoms with Gasteiger partial charge in [-0.25, -0.2) is 15.0 Å². The lowest BCUT2D eigenvalue weighted by Crippen LogP contribution is -2.37. The first kappa shape index (κ1) is 28.6. The summed E-state index contributed by atoms with van der Waals surface area (Å²) in [6.07, 6.45) is 2.75. The number of anilines is 2. The number of hydrogen-bond donors (Lipinski definition) is 2. The third kappa shape index (κ3) is 6.06. The number of hydrogen-bond acceptors (Lipinski definition) is 7. The van der Waals surface area contributed by atoms with Crippen LogP contribution in [0.3, 0.4) is 0 Å². The van der Waals surface area contributed by atoms with E-state index in [1.54, 1.807) is 43.6 Å². The number of carbonyl (C=O) groups excluding carboxylic acids is 2. The molecule has 1 saturated heterocycles. The molecular formula is C30H30Cl2N6O3. The average Bonchev–Trinajstić information content (AvgIpc) is 2.90. The highest BCUT2D eigenvalue weighted by molar-refractivity contribution is 6.40. The Hall–Kier alpha value is -3.95. The molecule has 3 heterocycles. The highest BCUT2D eigenvalue weighted by Gasteiger charge is 2.24. The van der Waals surface area contributed by atoms with Crippen molar-refractivity contribution in [2.45, 2.75) is 33.7 Å². The number of nitrogens with zero attached hydrogens (tertiary/aromatic N) is 4. The summed E-state index contributed by atoms with van der Waals surface area (Å²) in [5, 5.41) is 7.02. The van der Waals surface area contributed by atoms with E-state index in [0.717, 1.165) is 36.3 Å². The van der Waals surface area contributed by atoms with Gasteiger partial charge in [0, 0.05) is 53.9 Å². The van der Waals surface area contributed by atoms with Crippen molar-refractivity contribution in [2.75, 3.05) is 30.4 Å². The molecule has 0 aliphatic carbocycles. The van der Waals surface area contributed by atoms with Crippen LogP contribution in [0.2, 0.25) is 10.0 Å². The van der Waals surface area contributed by atoms with Crippen molar-refractivity contribution in [3.05, 3.63) is 69.8 Å². The minimum Gasteiger partial charge on any atom is -0.481 e. The number of nitrogens with one attached hydrogen (secondary N) is 2. The molecule has 4 aromatic rings. The molecule has 0 radical (unpaired) electrons. The molecule has 11 heteroatoms. The maximum Gasteiger partial charge on any atom is 0.258 e. The van der Waals surface area contributed by atoms with Gasteiger partial charge < -0.3 is 20.3 Å². The molecule has 0 unspecified atom stereocenters. The SMILES string of the molecule is COc1cc(-c2nc(N3CCC3)c3ccc(NC(=O)c4c(Cl)ccc(CNC(=O)C(C)(C)C)c4Cl)cc3n2)ccn1. The molecule has 1 fully saturated rings. The fourth-order valence-corrected chi connectivity index (χ4v) is 4.93. The van der Waals surface area contributed by atoms with E-state index >= 15 is 0 Å². The van der Waals surface area contributed by atoms with Gasteiger partial charge in [0.25, 0.3) is 5.91 Å². The molecule has 2 aromatic heterocycles. The quantitative estimate of drug-likeness (QED) is 0.265. The van der Waals surface area contributed by atoms with Crippen LogP contribution in [0.1, 0.15) is 43.1 Å². The zero-order chi connectivity index (χ0) is 29.3. The molecule has 2 amide bonds. The van der Waals surface area contributed by atoms with Gasteiger partial charge in [-0.1, -0.05) is 50.0 Å². The zero-order valence-electron chi connectivity index (χ0n) is 23.2. The first-order valence-corrected chi connectivity index (χ1v) is 13.9. The van der Waals surface area contributed by atoms with Crippen LogP contribution in [0, 0.1) is 5.41 Å². The molecule has 2 N–H and O–H groups in total. The smallest absolute Gasteiger partial charge is 0.258 e. The third-order valence-corrected chi connectivity index (χ3v) is 7.56. The first-order valence-electron chi connectivity index (χ1n) is 13.2. The van der Waals surface area contributed by atoms with Crippen LogP contribution in [0.15, 0.2) is 48.7 Å². The van der Waals surface area contributed by atoms with Gasteiger partial charge in [-0.15, -0.1) is 0 Å². The van der Waals surface area contributed by atoms with E-state index in [1.165, 1.54) is 0 Å². The molecule has 0 saturated carbocycles. The van der Waals surface area contributed by atoms with Crippen molar-refractivity contribution in [3.8, 4) is 17.3 Å². The van der Waals surface area contributed by atoms with Gasteiger partial charge in [-0.3, -0.25) is 9.59 Å². The van der Waals surface area contributed by atoms with Crippen LogP contribution >= 0.6 is 23.2 Å². The molecule has 1 aliphatic rings. The highest BCUT2D eigenvalue weighted by atomic mass is 35.5. The number of aromatic nitrogens is 3. The topological polar surface area (TPSA) is 109 Å². The van der Waals surface area contributed by atoms with E-state index in [9.17, 15) is 9.59 Å². The van der Waals surface area contributed by atoms with E-state index in [-0.39, 0.29) is 28.1 Å². The second-order valence-electron chi connectivity index (χ2n) is 10.8. The molecule has 2 aromatic carbocycles. The summed E-state index contributed by atoms with van der Waals surface area (Å²) in [6.45, 7) is 7.45. The summed E-state index contributed by atoms with van der Waals surface area (Å²) < 4.78 is 5.28. The lowest BCUT2D eigenvalue weighted by Gasteiger charge is -2.33. The Labute approximate surface area is 248 Å². The van der Waals surface area contributed by atoms with Gasteiger partial charge in [0.1, 0.15) is 5.82 Å². The summed E-state index contributed by atoms with van der Waals surface area (Å²) in [4.78, 5) is 41.8. The van der Waals surface area contributed by atoms with Crippen LogP contribution < -0.4 is 20.3 Å². The Bertz CT molecular complexity index is 1650. The number of methoxy groups -OCH3 is 1. The molecule has 5 rings (SSSR count). The van der Waals surface area contributed by atoms with Crippen molar-refractivity contribution in [1.82, 2.24) is 20.3 Å². The van der Waals surface area contributed by atoms with Crippen molar-refractivity contribution in [2.24, 2.45) is 5.41 Å². The maximum atomic E-state index is 13.4. The predicted octanol–water partition coefficient (Wildman–Crippen LogP) is 6.13. The van der Waals surface area contributed by atoms with Crippen molar-refractivity contribution < 1.29 is 14.3 Å². The number of amides is 2. The molecule has 212 valence electrons. The Morgan fingerprint density at radius 3 is 2.51 bits per heavy atom. The minimum atomic E-state index is -0.558. The molecule has 0 spiro atoms. The van der Waals surface area contributed by atoms with E-state index in [0.29, 0.717) is 28.5 Å². The summed E-state index contributed by atoms with van der Waals surface area (Å²) in [6, 6.07) is 12.4. The van der Waals surface area contributed by atoms with E-state index in [4.69, 9.17) is 37.9 Å². The first-order chi connectivity index (χ1) is 19.5. The fourth-order valence-electron chi connectivity index (χ4n) is 4.32. The summed E-state index contributed by atoms with van der Waals surface area (Å²) in [5.74, 6) is 1.22. The molecular weight excluding hydrogens is 563 g/mol. The summed E-state index contributed by atoms with van der Waals surface area (Å²) in [7, 11) is 1.56. The van der Waals surface area contributed by atoms with Crippen molar-refractivity contribution in [1.29, 1.82) is 0 Å². The average molecular weight is 594 g/mol. The zero-order valence-corrected chi connectivity index (χ0v) is 24.7. The minimum absolute atomic E-state index is 0.129. The fraction of sp³-hybridized carbons (Fsp3) is 0.300. The monoisotopic (exact) mass is 592 g/mol. The molecule has 9 nitrogen and oxygen atoms in total. The van der Waals surface area contributed by atoms with Gasteiger partial charge in [0.2, 0.25) is 11.8 Å². The Morgan fingerprint density at radius 1 is 1.05 bits per heavy atom. The van der Waals surface area contributed by atoms with Crippen LogP contribution in [0.4, 0.5) is 11.5 Å². The lowest BCUT2D eigenvalue weighted by atomic mass is 9.95. The molecule has 0 atom stereocenters. The largest absolute Gasteiger partial charge is 0.481 e. The van der Waals surface area contributed by atoms with Gasteiger partial charge in [0.05, 0.1) is 28.2 Å². The predicted molar refractivity (Wildman–Crippen MR) is 162 cm³/mol. The van der Waals surface area contributed by atoms with Crippen LogP contribution in [-0.2, 0) is 11.3 Å². The Morgan fingerprint density at radius 2 is 1.83 bits per heavy atom. The van der Waals surface area contributed by atoms with Crippen LogP contribution in [0.5, 0.6) is 5.88 Å². The molecule has 41 heavy (non-hydrogen) atoms. The second-order valence-corrected chi connectivity index (χ2v) is 11.6. The van der Waals surface area contributed by atoms with Crippen LogP contribution in [-0.4, -0.2) is 47.0 Å². The lowest BCUT2D eigenvalue weighted by molar-refractivity contribution is -0.128. The van der Waals surface area contributed by atoms with Crippen molar-refractivity contribution >= 4 is 57.4 Å². The maximum absolute atomic E-state index is 13.4. The number of halogens is 2. The number of rotatable bonds is 7. The highest BCUT2D eigenvalue weighted by Crippen LogP contribution is 2.33. The summed E-state index contributed by atoms with van der Waals surface area (Å²) >= 11 is 13.0. The van der Waals surface area contributed by atoms with E-state index in [1.807, 2.05) is 32.9 Å². The summed E-state index contributed by atoms with van der Waals surface area (Å²) in [5.41, 5.74) is 2.11. The second kappa shape index (κ2) is 11.5. The number of fused-ring (bicyclic) bond motifs is 1. The van der Waals surface area contributed by atoms with Crippen LogP contribution in [0.25, 0.3) is 22.3 Å². The van der Waals surface area contributed by atoms with Crippen molar-refractivity contribution in [3.63, 3.8) is 0 Å². The molecule has 1 aliphatic heterocycles.